The highest BCUT2D eigenvalue weighted by molar-refractivity contribution is 5.92. The molecule has 0 aromatic rings. The minimum atomic E-state index is -0.425. The van der Waals surface area contributed by atoms with Crippen LogP contribution in [-0.4, -0.2) is 22.8 Å². The normalized spacial score (nSPS) is 49.5. The lowest BCUT2D eigenvalue weighted by atomic mass is 9.44. The van der Waals surface area contributed by atoms with Gasteiger partial charge in [0.05, 0.1) is 6.10 Å². The van der Waals surface area contributed by atoms with Crippen LogP contribution in [0.2, 0.25) is 0 Å². The Balaban J connectivity index is 1.83. The van der Waals surface area contributed by atoms with Crippen molar-refractivity contribution in [1.82, 2.24) is 0 Å². The molecule has 138 valence electrons. The second kappa shape index (κ2) is 5.52. The molecule has 25 heavy (non-hydrogen) atoms. The highest BCUT2D eigenvalue weighted by Crippen LogP contribution is 2.66. The fraction of sp³-hybridized carbons (Fsp3) is 0.818. The van der Waals surface area contributed by atoms with E-state index < -0.39 is 6.10 Å². The van der Waals surface area contributed by atoms with Crippen molar-refractivity contribution in [1.29, 1.82) is 0 Å². The number of ketones is 2. The number of rotatable bonds is 1. The summed E-state index contributed by atoms with van der Waals surface area (Å²) < 4.78 is 0. The van der Waals surface area contributed by atoms with E-state index in [1.54, 1.807) is 0 Å². The minimum Gasteiger partial charge on any atom is -0.392 e. The summed E-state index contributed by atoms with van der Waals surface area (Å²) in [5, 5.41) is 11.5. The maximum absolute atomic E-state index is 12.6. The Kier molecular flexibility index (Phi) is 3.85. The number of carbonyl (C=O) groups excluding carboxylic acids is 2. The van der Waals surface area contributed by atoms with Gasteiger partial charge in [0.15, 0.2) is 5.78 Å². The predicted molar refractivity (Wildman–Crippen MR) is 96.8 cm³/mol. The highest BCUT2D eigenvalue weighted by atomic mass is 16.3. The molecule has 0 aliphatic heterocycles. The first-order valence-corrected chi connectivity index (χ1v) is 10.2. The van der Waals surface area contributed by atoms with Crippen molar-refractivity contribution in [3.63, 3.8) is 0 Å². The summed E-state index contributed by atoms with van der Waals surface area (Å²) in [4.78, 5) is 24.8. The lowest BCUT2D eigenvalue weighted by molar-refractivity contribution is -0.147. The molecule has 3 nitrogen and oxygen atoms in total. The standard InChI is InChI=1S/C22H32O3/c1-12(2)18-16-11-13(23)7-9-21(16,3)15-8-10-22(4)14(5-6-17(22)24)19(15)20(18)25/h11-12,14-15,18-20,25H,5-10H2,1-4H3/t14-,15-,18+,19-,20+,21+,22-/m0/s1. The molecule has 0 heterocycles. The van der Waals surface area contributed by atoms with Crippen LogP contribution in [0.5, 0.6) is 0 Å². The predicted octanol–water partition coefficient (Wildman–Crippen LogP) is 3.94. The number of aliphatic hydroxyl groups excluding tert-OH is 1. The number of Topliss-reactive ketones (excluding diaryl/α,β-unsaturated/α-hetero) is 1. The van der Waals surface area contributed by atoms with Gasteiger partial charge in [0.2, 0.25) is 0 Å². The first-order chi connectivity index (χ1) is 11.7. The first-order valence-electron chi connectivity index (χ1n) is 10.2. The first kappa shape index (κ1) is 17.5. The molecule has 0 spiro atoms. The zero-order valence-electron chi connectivity index (χ0n) is 16.0. The molecular formula is C22H32O3. The molecule has 0 bridgehead atoms. The van der Waals surface area contributed by atoms with Crippen molar-refractivity contribution in [3.8, 4) is 0 Å². The van der Waals surface area contributed by atoms with E-state index >= 15 is 0 Å². The van der Waals surface area contributed by atoms with E-state index in [1.807, 2.05) is 6.08 Å². The molecule has 3 fully saturated rings. The summed E-state index contributed by atoms with van der Waals surface area (Å²) in [7, 11) is 0. The number of aliphatic hydroxyl groups is 1. The Bertz CT molecular complexity index is 648. The molecule has 0 amide bonds. The number of fused-ring (bicyclic) bond motifs is 5. The Morgan fingerprint density at radius 2 is 1.72 bits per heavy atom. The van der Waals surface area contributed by atoms with Crippen molar-refractivity contribution in [2.24, 2.45) is 40.4 Å². The van der Waals surface area contributed by atoms with Gasteiger partial charge in [0.1, 0.15) is 5.78 Å². The van der Waals surface area contributed by atoms with Crippen molar-refractivity contribution in [2.45, 2.75) is 72.3 Å². The van der Waals surface area contributed by atoms with Crippen LogP contribution in [0.3, 0.4) is 0 Å². The van der Waals surface area contributed by atoms with Crippen LogP contribution in [0.15, 0.2) is 11.6 Å². The zero-order chi connectivity index (χ0) is 18.1. The van der Waals surface area contributed by atoms with Crippen LogP contribution in [-0.2, 0) is 9.59 Å². The lowest BCUT2D eigenvalue weighted by Crippen LogP contribution is -2.59. The molecule has 7 atom stereocenters. The summed E-state index contributed by atoms with van der Waals surface area (Å²) in [5.41, 5.74) is 0.992. The Hall–Kier alpha value is -0.960. The van der Waals surface area contributed by atoms with Crippen molar-refractivity contribution in [3.05, 3.63) is 11.6 Å². The quantitative estimate of drug-likeness (QED) is 0.784. The van der Waals surface area contributed by atoms with Crippen molar-refractivity contribution >= 4 is 11.6 Å². The van der Waals surface area contributed by atoms with Crippen molar-refractivity contribution < 1.29 is 14.7 Å². The molecular weight excluding hydrogens is 312 g/mol. The molecule has 4 aliphatic rings. The largest absolute Gasteiger partial charge is 0.392 e. The molecule has 0 unspecified atom stereocenters. The minimum absolute atomic E-state index is 0.0136. The fourth-order valence-electron chi connectivity index (χ4n) is 7.18. The van der Waals surface area contributed by atoms with E-state index in [2.05, 4.69) is 27.7 Å². The van der Waals surface area contributed by atoms with Crippen LogP contribution in [0, 0.1) is 40.4 Å². The average molecular weight is 344 g/mol. The Morgan fingerprint density at radius 1 is 1.04 bits per heavy atom. The van der Waals surface area contributed by atoms with Gasteiger partial charge in [-0.05, 0) is 60.8 Å². The van der Waals surface area contributed by atoms with Gasteiger partial charge in [-0.25, -0.2) is 0 Å². The van der Waals surface area contributed by atoms with Gasteiger partial charge in [-0.15, -0.1) is 0 Å². The van der Waals surface area contributed by atoms with E-state index in [1.165, 1.54) is 5.57 Å². The Morgan fingerprint density at radius 3 is 2.40 bits per heavy atom. The van der Waals surface area contributed by atoms with E-state index in [-0.39, 0.29) is 28.4 Å². The monoisotopic (exact) mass is 344 g/mol. The maximum atomic E-state index is 12.6. The van der Waals surface area contributed by atoms with E-state index in [4.69, 9.17) is 0 Å². The summed E-state index contributed by atoms with van der Waals surface area (Å²) in [6.45, 7) is 8.81. The molecule has 4 rings (SSSR count). The molecule has 4 aliphatic carbocycles. The molecule has 0 aromatic carbocycles. The van der Waals surface area contributed by atoms with E-state index in [0.717, 1.165) is 25.7 Å². The maximum Gasteiger partial charge on any atom is 0.155 e. The third kappa shape index (κ3) is 2.20. The van der Waals surface area contributed by atoms with Gasteiger partial charge in [0, 0.05) is 24.2 Å². The number of carbonyl (C=O) groups is 2. The van der Waals surface area contributed by atoms with Crippen molar-refractivity contribution in [2.75, 3.05) is 0 Å². The highest BCUT2D eigenvalue weighted by Gasteiger charge is 2.63. The zero-order valence-corrected chi connectivity index (χ0v) is 16.0. The molecule has 0 aromatic heterocycles. The van der Waals surface area contributed by atoms with Gasteiger partial charge in [-0.3, -0.25) is 9.59 Å². The van der Waals surface area contributed by atoms with Gasteiger partial charge in [0.25, 0.3) is 0 Å². The van der Waals surface area contributed by atoms with Crippen LogP contribution >= 0.6 is 0 Å². The van der Waals surface area contributed by atoms with E-state index in [9.17, 15) is 14.7 Å². The summed E-state index contributed by atoms with van der Waals surface area (Å²) in [6, 6.07) is 0. The SMILES string of the molecule is CC(C)[C@@H]1C2=CC(=O)CC[C@]2(C)[C@H]2CC[C@]3(C)C(=O)CC[C@H]3[C@@H]2[C@@H]1O. The third-order valence-corrected chi connectivity index (χ3v) is 8.57. The molecule has 3 saturated carbocycles. The number of hydrogen-bond acceptors (Lipinski definition) is 3. The molecule has 0 saturated heterocycles. The van der Waals surface area contributed by atoms with Gasteiger partial charge in [-0.2, -0.15) is 0 Å². The lowest BCUT2D eigenvalue weighted by Gasteiger charge is -2.61. The molecule has 0 radical (unpaired) electrons. The molecule has 3 heteroatoms. The van der Waals surface area contributed by atoms with Crippen LogP contribution in [0.4, 0.5) is 0 Å². The smallest absolute Gasteiger partial charge is 0.155 e. The summed E-state index contributed by atoms with van der Waals surface area (Å²) in [5.74, 6) is 1.90. The van der Waals surface area contributed by atoms with Crippen LogP contribution < -0.4 is 0 Å². The van der Waals surface area contributed by atoms with E-state index in [0.29, 0.717) is 36.4 Å². The summed E-state index contributed by atoms with van der Waals surface area (Å²) in [6.07, 6.45) is 6.57. The van der Waals surface area contributed by atoms with Gasteiger partial charge >= 0.3 is 0 Å². The average Bonchev–Trinajstić information content (AvgIpc) is 2.84. The van der Waals surface area contributed by atoms with Gasteiger partial charge < -0.3 is 5.11 Å². The molecule has 1 N–H and O–H groups in total. The number of hydrogen-bond donors (Lipinski definition) is 1. The van der Waals surface area contributed by atoms with Crippen LogP contribution in [0.25, 0.3) is 0 Å². The third-order valence-electron chi connectivity index (χ3n) is 8.57. The second-order valence-electron chi connectivity index (χ2n) is 9.95. The topological polar surface area (TPSA) is 54.4 Å². The second-order valence-corrected chi connectivity index (χ2v) is 9.95. The summed E-state index contributed by atoms with van der Waals surface area (Å²) >= 11 is 0. The fourth-order valence-corrected chi connectivity index (χ4v) is 7.18. The van der Waals surface area contributed by atoms with Crippen LogP contribution in [0.1, 0.15) is 66.2 Å². The van der Waals surface area contributed by atoms with Gasteiger partial charge in [-0.1, -0.05) is 33.3 Å². The Labute approximate surface area is 151 Å².